The van der Waals surface area contributed by atoms with Gasteiger partial charge in [-0.2, -0.15) is 0 Å². The number of hydrogen-bond donors (Lipinski definition) is 1. The lowest BCUT2D eigenvalue weighted by molar-refractivity contribution is 0.115. The third kappa shape index (κ3) is 1.95. The van der Waals surface area contributed by atoms with Crippen molar-refractivity contribution in [3.8, 4) is 0 Å². The van der Waals surface area contributed by atoms with E-state index in [9.17, 15) is 4.39 Å². The highest BCUT2D eigenvalue weighted by Crippen LogP contribution is 2.38. The lowest BCUT2D eigenvalue weighted by atomic mass is 9.94. The van der Waals surface area contributed by atoms with Gasteiger partial charge in [-0.05, 0) is 38.1 Å². The van der Waals surface area contributed by atoms with Crippen LogP contribution in [-0.4, -0.2) is 13.1 Å². The first-order valence-corrected chi connectivity index (χ1v) is 6.17. The van der Waals surface area contributed by atoms with E-state index in [0.717, 1.165) is 23.9 Å². The number of alkyl halides is 1. The Morgan fingerprint density at radius 2 is 2.06 bits per heavy atom. The van der Waals surface area contributed by atoms with Crippen LogP contribution in [0.1, 0.15) is 25.0 Å². The van der Waals surface area contributed by atoms with E-state index < -0.39 is 5.67 Å². The lowest BCUT2D eigenvalue weighted by Gasteiger charge is -2.20. The second-order valence-corrected chi connectivity index (χ2v) is 4.72. The predicted molar refractivity (Wildman–Crippen MR) is 65.7 cm³/mol. The van der Waals surface area contributed by atoms with E-state index in [2.05, 4.69) is 5.32 Å². The smallest absolute Gasteiger partial charge is 0.169 e. The Morgan fingerprint density at radius 3 is 2.94 bits per heavy atom. The summed E-state index contributed by atoms with van der Waals surface area (Å²) >= 11 is 0. The number of para-hydroxylation sites is 1. The number of fused-ring (bicyclic) bond motifs is 1. The molecule has 0 bridgehead atoms. The molecule has 0 radical (unpaired) electrons. The van der Waals surface area contributed by atoms with Crippen molar-refractivity contribution in [2.24, 2.45) is 0 Å². The first kappa shape index (κ1) is 10.8. The fourth-order valence-electron chi connectivity index (χ4n) is 2.48. The van der Waals surface area contributed by atoms with Gasteiger partial charge in [0.2, 0.25) is 0 Å². The molecule has 1 aromatic carbocycles. The first-order chi connectivity index (χ1) is 8.28. The van der Waals surface area contributed by atoms with Crippen LogP contribution >= 0.6 is 0 Å². The average Bonchev–Trinajstić information content (AvgIpc) is 2.66. The quantitative estimate of drug-likeness (QED) is 0.817. The molecule has 1 unspecified atom stereocenters. The first-order valence-electron chi connectivity index (χ1n) is 6.17. The third-order valence-electron chi connectivity index (χ3n) is 3.49. The molecule has 1 fully saturated rings. The predicted octanol–water partition coefficient (Wildman–Crippen LogP) is 3.37. The van der Waals surface area contributed by atoms with Gasteiger partial charge in [0, 0.05) is 11.8 Å². The molecule has 1 aliphatic rings. The van der Waals surface area contributed by atoms with Crippen molar-refractivity contribution in [2.75, 3.05) is 13.1 Å². The standard InChI is InChI=1S/C14H16FNO/c15-14(6-3-8-16-9-7-14)13-10-11-4-1-2-5-12(11)17-13/h1-2,4-5,10,16H,3,6-9H2. The summed E-state index contributed by atoms with van der Waals surface area (Å²) in [5.74, 6) is 0.488. The minimum absolute atomic E-state index is 0.488. The van der Waals surface area contributed by atoms with Crippen molar-refractivity contribution in [2.45, 2.75) is 24.9 Å². The molecule has 1 aliphatic heterocycles. The highest BCUT2D eigenvalue weighted by molar-refractivity contribution is 5.77. The van der Waals surface area contributed by atoms with Crippen LogP contribution in [0.2, 0.25) is 0 Å². The van der Waals surface area contributed by atoms with E-state index in [1.165, 1.54) is 0 Å². The van der Waals surface area contributed by atoms with E-state index in [4.69, 9.17) is 4.42 Å². The maximum Gasteiger partial charge on any atom is 0.169 e. The summed E-state index contributed by atoms with van der Waals surface area (Å²) in [6.07, 6.45) is 1.89. The molecule has 1 aromatic heterocycles. The summed E-state index contributed by atoms with van der Waals surface area (Å²) in [6, 6.07) is 9.55. The fourth-order valence-corrected chi connectivity index (χ4v) is 2.48. The highest BCUT2D eigenvalue weighted by atomic mass is 19.1. The van der Waals surface area contributed by atoms with Crippen molar-refractivity contribution >= 4 is 11.0 Å². The highest BCUT2D eigenvalue weighted by Gasteiger charge is 2.35. The number of furan rings is 1. The van der Waals surface area contributed by atoms with Gasteiger partial charge in [-0.15, -0.1) is 0 Å². The summed E-state index contributed by atoms with van der Waals surface area (Å²) in [5, 5.41) is 4.21. The van der Waals surface area contributed by atoms with Crippen molar-refractivity contribution in [3.63, 3.8) is 0 Å². The minimum atomic E-state index is -1.30. The lowest BCUT2D eigenvalue weighted by Crippen LogP contribution is -2.21. The molecule has 0 amide bonds. The number of nitrogens with one attached hydrogen (secondary N) is 1. The van der Waals surface area contributed by atoms with Gasteiger partial charge in [0.25, 0.3) is 0 Å². The molecular formula is C14H16FNO. The Bertz CT molecular complexity index is 479. The minimum Gasteiger partial charge on any atom is -0.458 e. The van der Waals surface area contributed by atoms with Gasteiger partial charge < -0.3 is 9.73 Å². The van der Waals surface area contributed by atoms with Gasteiger partial charge in [-0.1, -0.05) is 18.2 Å². The largest absolute Gasteiger partial charge is 0.458 e. The Hall–Kier alpha value is -1.35. The zero-order valence-corrected chi connectivity index (χ0v) is 9.71. The molecule has 1 N–H and O–H groups in total. The molecule has 90 valence electrons. The van der Waals surface area contributed by atoms with E-state index in [0.29, 0.717) is 25.1 Å². The topological polar surface area (TPSA) is 25.2 Å². The van der Waals surface area contributed by atoms with Crippen molar-refractivity contribution in [1.29, 1.82) is 0 Å². The summed E-state index contributed by atoms with van der Waals surface area (Å²) in [4.78, 5) is 0. The van der Waals surface area contributed by atoms with Gasteiger partial charge in [-0.25, -0.2) is 4.39 Å². The van der Waals surface area contributed by atoms with Crippen molar-refractivity contribution in [1.82, 2.24) is 5.32 Å². The molecule has 0 saturated carbocycles. The van der Waals surface area contributed by atoms with E-state index >= 15 is 0 Å². The Kier molecular flexibility index (Phi) is 2.63. The maximum atomic E-state index is 14.9. The molecule has 1 atom stereocenters. The fraction of sp³-hybridized carbons (Fsp3) is 0.429. The van der Waals surface area contributed by atoms with E-state index in [-0.39, 0.29) is 0 Å². The summed E-state index contributed by atoms with van der Waals surface area (Å²) in [7, 11) is 0. The number of rotatable bonds is 1. The average molecular weight is 233 g/mol. The van der Waals surface area contributed by atoms with Gasteiger partial charge in [-0.3, -0.25) is 0 Å². The van der Waals surface area contributed by atoms with Gasteiger partial charge in [0.05, 0.1) is 0 Å². The Balaban J connectivity index is 2.01. The van der Waals surface area contributed by atoms with E-state index in [1.54, 1.807) is 0 Å². The molecule has 0 aliphatic carbocycles. The van der Waals surface area contributed by atoms with Gasteiger partial charge in [0.15, 0.2) is 5.67 Å². The van der Waals surface area contributed by atoms with Crippen LogP contribution in [0.15, 0.2) is 34.7 Å². The number of halogens is 1. The maximum absolute atomic E-state index is 14.9. The number of benzene rings is 1. The van der Waals surface area contributed by atoms with Crippen LogP contribution in [0.3, 0.4) is 0 Å². The SMILES string of the molecule is FC1(c2cc3ccccc3o2)CCCNCC1. The van der Waals surface area contributed by atoms with Crippen LogP contribution in [0.5, 0.6) is 0 Å². The molecular weight excluding hydrogens is 217 g/mol. The molecule has 2 heterocycles. The summed E-state index contributed by atoms with van der Waals surface area (Å²) < 4.78 is 20.5. The van der Waals surface area contributed by atoms with Crippen LogP contribution in [0.4, 0.5) is 4.39 Å². The molecule has 3 rings (SSSR count). The van der Waals surface area contributed by atoms with Crippen molar-refractivity contribution < 1.29 is 8.81 Å². The normalized spacial score (nSPS) is 25.9. The second kappa shape index (κ2) is 4.15. The molecule has 3 heteroatoms. The van der Waals surface area contributed by atoms with Gasteiger partial charge >= 0.3 is 0 Å². The zero-order chi connectivity index (χ0) is 11.7. The summed E-state index contributed by atoms with van der Waals surface area (Å²) in [6.45, 7) is 1.61. The molecule has 2 aromatic rings. The monoisotopic (exact) mass is 233 g/mol. The van der Waals surface area contributed by atoms with Crippen LogP contribution in [-0.2, 0) is 5.67 Å². The Labute approximate surface area is 99.8 Å². The zero-order valence-electron chi connectivity index (χ0n) is 9.71. The molecule has 0 spiro atoms. The third-order valence-corrected chi connectivity index (χ3v) is 3.49. The second-order valence-electron chi connectivity index (χ2n) is 4.72. The van der Waals surface area contributed by atoms with Crippen LogP contribution < -0.4 is 5.32 Å². The van der Waals surface area contributed by atoms with Crippen LogP contribution in [0.25, 0.3) is 11.0 Å². The molecule has 17 heavy (non-hydrogen) atoms. The Morgan fingerprint density at radius 1 is 1.18 bits per heavy atom. The van der Waals surface area contributed by atoms with Gasteiger partial charge in [0.1, 0.15) is 11.3 Å². The van der Waals surface area contributed by atoms with E-state index in [1.807, 2.05) is 30.3 Å². The summed E-state index contributed by atoms with van der Waals surface area (Å²) in [5.41, 5.74) is -0.528. The van der Waals surface area contributed by atoms with Crippen molar-refractivity contribution in [3.05, 3.63) is 36.1 Å². The van der Waals surface area contributed by atoms with Crippen LogP contribution in [0, 0.1) is 0 Å². The molecule has 2 nitrogen and oxygen atoms in total. The molecule has 1 saturated heterocycles. The number of hydrogen-bond acceptors (Lipinski definition) is 2.